The maximum absolute atomic E-state index is 11.2. The van der Waals surface area contributed by atoms with Crippen LogP contribution in [0.1, 0.15) is 10.4 Å². The first-order valence-corrected chi connectivity index (χ1v) is 8.46. The molecule has 0 saturated carbocycles. The monoisotopic (exact) mass is 341 g/mol. The summed E-state index contributed by atoms with van der Waals surface area (Å²) in [5.74, 6) is -1.08. The second-order valence-corrected chi connectivity index (χ2v) is 6.10. The van der Waals surface area contributed by atoms with E-state index in [-0.39, 0.29) is 17.0 Å². The predicted molar refractivity (Wildman–Crippen MR) is 98.7 cm³/mol. The number of aromatic carboxylic acids is 1. The number of benzene rings is 2. The van der Waals surface area contributed by atoms with E-state index in [2.05, 4.69) is 39.4 Å². The highest BCUT2D eigenvalue weighted by molar-refractivity contribution is 5.95. The number of phenolic OH excluding ortho intramolecular Hbond substituents is 1. The molecular weight excluding hydrogens is 318 g/mol. The van der Waals surface area contributed by atoms with Crippen LogP contribution in [0.25, 0.3) is 0 Å². The number of rotatable bonds is 6. The fourth-order valence-corrected chi connectivity index (χ4v) is 3.11. The molecule has 1 saturated heterocycles. The molecule has 25 heavy (non-hydrogen) atoms. The highest BCUT2D eigenvalue weighted by Gasteiger charge is 2.17. The third kappa shape index (κ3) is 4.22. The smallest absolute Gasteiger partial charge is 0.337 e. The number of carboxylic acid groups (broad SMARTS) is 1. The highest BCUT2D eigenvalue weighted by atomic mass is 16.4. The third-order valence-electron chi connectivity index (χ3n) is 4.50. The number of piperazine rings is 1. The molecule has 1 heterocycles. The Hall–Kier alpha value is -2.73. The van der Waals surface area contributed by atoms with Crippen LogP contribution in [0.2, 0.25) is 0 Å². The van der Waals surface area contributed by atoms with Gasteiger partial charge < -0.3 is 20.4 Å². The van der Waals surface area contributed by atoms with Crippen molar-refractivity contribution >= 4 is 17.3 Å². The number of carbonyl (C=O) groups is 1. The van der Waals surface area contributed by atoms with Crippen LogP contribution in [-0.2, 0) is 0 Å². The van der Waals surface area contributed by atoms with Gasteiger partial charge in [-0.2, -0.15) is 0 Å². The summed E-state index contributed by atoms with van der Waals surface area (Å²) in [6.07, 6.45) is 0. The lowest BCUT2D eigenvalue weighted by atomic mass is 10.1. The van der Waals surface area contributed by atoms with Gasteiger partial charge in [0.05, 0.1) is 11.3 Å². The average molecular weight is 341 g/mol. The zero-order chi connectivity index (χ0) is 17.6. The van der Waals surface area contributed by atoms with E-state index in [4.69, 9.17) is 0 Å². The summed E-state index contributed by atoms with van der Waals surface area (Å²) in [6.45, 7) is 5.26. The van der Waals surface area contributed by atoms with Crippen molar-refractivity contribution < 1.29 is 15.0 Å². The molecule has 0 radical (unpaired) electrons. The first-order chi connectivity index (χ1) is 12.1. The number of phenols is 1. The van der Waals surface area contributed by atoms with Gasteiger partial charge in [0.2, 0.25) is 0 Å². The number of para-hydroxylation sites is 2. The second-order valence-electron chi connectivity index (χ2n) is 6.10. The zero-order valence-corrected chi connectivity index (χ0v) is 14.1. The van der Waals surface area contributed by atoms with E-state index in [0.29, 0.717) is 6.54 Å². The quantitative estimate of drug-likeness (QED) is 0.700. The minimum absolute atomic E-state index is 0.0335. The molecular formula is C19H23N3O3. The summed E-state index contributed by atoms with van der Waals surface area (Å²) in [5, 5.41) is 22.2. The molecule has 6 nitrogen and oxygen atoms in total. The van der Waals surface area contributed by atoms with Crippen LogP contribution < -0.4 is 10.2 Å². The van der Waals surface area contributed by atoms with Crippen molar-refractivity contribution in [3.8, 4) is 5.75 Å². The molecule has 0 aliphatic carbocycles. The molecule has 1 aliphatic heterocycles. The number of aromatic hydroxyl groups is 1. The Bertz CT molecular complexity index is 713. The lowest BCUT2D eigenvalue weighted by Gasteiger charge is -2.36. The van der Waals surface area contributed by atoms with Crippen LogP contribution in [0, 0.1) is 0 Å². The molecule has 0 aromatic heterocycles. The summed E-state index contributed by atoms with van der Waals surface area (Å²) in [4.78, 5) is 16.0. The van der Waals surface area contributed by atoms with E-state index in [0.717, 1.165) is 32.7 Å². The van der Waals surface area contributed by atoms with Gasteiger partial charge in [-0.05, 0) is 24.3 Å². The topological polar surface area (TPSA) is 76.0 Å². The third-order valence-corrected chi connectivity index (χ3v) is 4.50. The minimum atomic E-state index is -1.05. The molecule has 0 unspecified atom stereocenters. The van der Waals surface area contributed by atoms with Crippen molar-refractivity contribution in [1.29, 1.82) is 0 Å². The number of hydrogen-bond acceptors (Lipinski definition) is 5. The zero-order valence-electron chi connectivity index (χ0n) is 14.1. The van der Waals surface area contributed by atoms with Gasteiger partial charge in [-0.15, -0.1) is 0 Å². The fourth-order valence-electron chi connectivity index (χ4n) is 3.11. The summed E-state index contributed by atoms with van der Waals surface area (Å²) in [7, 11) is 0. The maximum Gasteiger partial charge on any atom is 0.337 e. The molecule has 0 atom stereocenters. The van der Waals surface area contributed by atoms with E-state index in [1.165, 1.54) is 23.9 Å². The summed E-state index contributed by atoms with van der Waals surface area (Å²) < 4.78 is 0. The van der Waals surface area contributed by atoms with E-state index >= 15 is 0 Å². The molecule has 0 spiro atoms. The molecule has 6 heteroatoms. The van der Waals surface area contributed by atoms with Crippen LogP contribution in [-0.4, -0.2) is 60.4 Å². The SMILES string of the molecule is O=C(O)c1cccc(O)c1NCCN1CCN(c2ccccc2)CC1. The molecule has 2 aromatic carbocycles. The molecule has 0 bridgehead atoms. The molecule has 1 aliphatic rings. The van der Waals surface area contributed by atoms with Crippen molar-refractivity contribution in [3.63, 3.8) is 0 Å². The normalized spacial score (nSPS) is 15.1. The fraction of sp³-hybridized carbons (Fsp3) is 0.316. The number of hydrogen-bond donors (Lipinski definition) is 3. The molecule has 1 fully saturated rings. The van der Waals surface area contributed by atoms with Gasteiger partial charge in [-0.3, -0.25) is 4.90 Å². The van der Waals surface area contributed by atoms with E-state index < -0.39 is 5.97 Å². The Balaban J connectivity index is 1.49. The summed E-state index contributed by atoms with van der Waals surface area (Å²) in [5.41, 5.74) is 1.63. The van der Waals surface area contributed by atoms with Crippen LogP contribution in [0.15, 0.2) is 48.5 Å². The standard InChI is InChI=1S/C19H23N3O3/c23-17-8-4-7-16(19(24)25)18(17)20-9-10-21-11-13-22(14-12-21)15-5-2-1-3-6-15/h1-8,20,23H,9-14H2,(H,24,25). The van der Waals surface area contributed by atoms with Crippen molar-refractivity contribution in [2.24, 2.45) is 0 Å². The lowest BCUT2D eigenvalue weighted by molar-refractivity contribution is 0.0697. The minimum Gasteiger partial charge on any atom is -0.506 e. The summed E-state index contributed by atoms with van der Waals surface area (Å²) >= 11 is 0. The van der Waals surface area contributed by atoms with Crippen molar-refractivity contribution in [2.75, 3.05) is 49.5 Å². The Labute approximate surface area is 147 Å². The van der Waals surface area contributed by atoms with Gasteiger partial charge in [-0.25, -0.2) is 4.79 Å². The Kier molecular flexibility index (Phi) is 5.40. The van der Waals surface area contributed by atoms with Crippen molar-refractivity contribution in [1.82, 2.24) is 4.90 Å². The largest absolute Gasteiger partial charge is 0.506 e. The van der Waals surface area contributed by atoms with Gasteiger partial charge in [0, 0.05) is 45.0 Å². The number of anilines is 2. The van der Waals surface area contributed by atoms with Crippen molar-refractivity contribution in [3.05, 3.63) is 54.1 Å². The molecule has 3 N–H and O–H groups in total. The first-order valence-electron chi connectivity index (χ1n) is 8.46. The van der Waals surface area contributed by atoms with Crippen molar-refractivity contribution in [2.45, 2.75) is 0 Å². The molecule has 3 rings (SSSR count). The number of nitrogens with zero attached hydrogens (tertiary/aromatic N) is 2. The van der Waals surface area contributed by atoms with Gasteiger partial charge in [0.1, 0.15) is 5.75 Å². The average Bonchev–Trinajstić information content (AvgIpc) is 2.64. The van der Waals surface area contributed by atoms with Crippen LogP contribution in [0.5, 0.6) is 5.75 Å². The van der Waals surface area contributed by atoms with Gasteiger partial charge in [0.15, 0.2) is 0 Å². The maximum atomic E-state index is 11.2. The van der Waals surface area contributed by atoms with E-state index in [1.807, 2.05) is 6.07 Å². The van der Waals surface area contributed by atoms with Crippen LogP contribution >= 0.6 is 0 Å². The van der Waals surface area contributed by atoms with E-state index in [9.17, 15) is 15.0 Å². The molecule has 132 valence electrons. The van der Waals surface area contributed by atoms with Gasteiger partial charge >= 0.3 is 5.97 Å². The summed E-state index contributed by atoms with van der Waals surface area (Å²) in [6, 6.07) is 14.9. The Morgan fingerprint density at radius 2 is 1.72 bits per heavy atom. The van der Waals surface area contributed by atoms with Crippen LogP contribution in [0.3, 0.4) is 0 Å². The highest BCUT2D eigenvalue weighted by Crippen LogP contribution is 2.27. The van der Waals surface area contributed by atoms with Gasteiger partial charge in [-0.1, -0.05) is 24.3 Å². The van der Waals surface area contributed by atoms with Crippen LogP contribution in [0.4, 0.5) is 11.4 Å². The predicted octanol–water partition coefficient (Wildman–Crippen LogP) is 2.32. The molecule has 2 aromatic rings. The molecule has 0 amide bonds. The number of carboxylic acids is 1. The van der Waals surface area contributed by atoms with E-state index in [1.54, 1.807) is 0 Å². The van der Waals surface area contributed by atoms with Gasteiger partial charge in [0.25, 0.3) is 0 Å². The number of nitrogens with one attached hydrogen (secondary N) is 1. The second kappa shape index (κ2) is 7.90. The first kappa shape index (κ1) is 17.1. The Morgan fingerprint density at radius 1 is 1.00 bits per heavy atom. The lowest BCUT2D eigenvalue weighted by Crippen LogP contribution is -2.47. The Morgan fingerprint density at radius 3 is 2.40 bits per heavy atom.